The standard InChI is InChI=1S/C9H18N2O/c1-3-8(10)11-9(2)5-4-6-12-7-9/h3-7H2,1-2H3,(H2,10,11). The van der Waals surface area contributed by atoms with Gasteiger partial charge in [-0.05, 0) is 19.8 Å². The summed E-state index contributed by atoms with van der Waals surface area (Å²) < 4.78 is 5.37. The molecule has 1 heterocycles. The Morgan fingerprint density at radius 2 is 2.42 bits per heavy atom. The Morgan fingerprint density at radius 3 is 2.92 bits per heavy atom. The zero-order valence-corrected chi connectivity index (χ0v) is 7.97. The maximum Gasteiger partial charge on any atom is 0.0942 e. The number of hydrogen-bond donors (Lipinski definition) is 1. The van der Waals surface area contributed by atoms with Gasteiger partial charge in [-0.3, -0.25) is 4.99 Å². The Hall–Kier alpha value is -0.570. The molecule has 1 fully saturated rings. The summed E-state index contributed by atoms with van der Waals surface area (Å²) in [4.78, 5) is 4.46. The quantitative estimate of drug-likeness (QED) is 0.502. The molecule has 1 aliphatic heterocycles. The highest BCUT2D eigenvalue weighted by molar-refractivity contribution is 5.80. The largest absolute Gasteiger partial charge is 0.387 e. The van der Waals surface area contributed by atoms with E-state index in [0.29, 0.717) is 6.61 Å². The molecule has 1 atom stereocenters. The summed E-state index contributed by atoms with van der Waals surface area (Å²) in [5.74, 6) is 0.739. The SMILES string of the molecule is CCC(N)=NC1(C)CCCOC1. The molecular weight excluding hydrogens is 152 g/mol. The van der Waals surface area contributed by atoms with Crippen LogP contribution in [0.2, 0.25) is 0 Å². The number of nitrogens with two attached hydrogens (primary N) is 1. The zero-order chi connectivity index (χ0) is 9.03. The molecule has 0 saturated carbocycles. The van der Waals surface area contributed by atoms with Crippen molar-refractivity contribution in [2.75, 3.05) is 13.2 Å². The van der Waals surface area contributed by atoms with E-state index < -0.39 is 0 Å². The van der Waals surface area contributed by atoms with Crippen LogP contribution in [0, 0.1) is 0 Å². The Morgan fingerprint density at radius 1 is 1.67 bits per heavy atom. The molecule has 0 aliphatic carbocycles. The van der Waals surface area contributed by atoms with Crippen LogP contribution in [0.1, 0.15) is 33.1 Å². The number of nitrogens with zero attached hydrogens (tertiary/aromatic N) is 1. The Kier molecular flexibility index (Phi) is 3.09. The molecule has 3 heteroatoms. The van der Waals surface area contributed by atoms with Crippen molar-refractivity contribution in [3.05, 3.63) is 0 Å². The average Bonchev–Trinajstić information content (AvgIpc) is 2.05. The van der Waals surface area contributed by atoms with Crippen LogP contribution in [0.15, 0.2) is 4.99 Å². The second-order valence-electron chi connectivity index (χ2n) is 3.61. The van der Waals surface area contributed by atoms with Gasteiger partial charge in [0.05, 0.1) is 18.0 Å². The lowest BCUT2D eigenvalue weighted by molar-refractivity contribution is 0.0467. The third-order valence-electron chi connectivity index (χ3n) is 2.19. The summed E-state index contributed by atoms with van der Waals surface area (Å²) in [6.07, 6.45) is 3.01. The molecular formula is C9H18N2O. The van der Waals surface area contributed by atoms with Gasteiger partial charge in [0.1, 0.15) is 0 Å². The highest BCUT2D eigenvalue weighted by atomic mass is 16.5. The van der Waals surface area contributed by atoms with Crippen molar-refractivity contribution in [1.82, 2.24) is 0 Å². The molecule has 3 nitrogen and oxygen atoms in total. The Labute approximate surface area is 74.0 Å². The van der Waals surface area contributed by atoms with Crippen molar-refractivity contribution in [1.29, 1.82) is 0 Å². The van der Waals surface area contributed by atoms with E-state index in [1.54, 1.807) is 0 Å². The van der Waals surface area contributed by atoms with E-state index in [0.717, 1.165) is 31.7 Å². The Balaban J connectivity index is 2.57. The van der Waals surface area contributed by atoms with Gasteiger partial charge in [0.2, 0.25) is 0 Å². The van der Waals surface area contributed by atoms with Gasteiger partial charge in [0, 0.05) is 13.0 Å². The van der Waals surface area contributed by atoms with Crippen LogP contribution in [0.25, 0.3) is 0 Å². The molecule has 2 N–H and O–H groups in total. The first-order chi connectivity index (χ1) is 5.66. The fourth-order valence-electron chi connectivity index (χ4n) is 1.43. The highest BCUT2D eigenvalue weighted by Crippen LogP contribution is 2.22. The first kappa shape index (κ1) is 9.52. The van der Waals surface area contributed by atoms with Gasteiger partial charge in [-0.15, -0.1) is 0 Å². The molecule has 12 heavy (non-hydrogen) atoms. The third kappa shape index (κ3) is 2.48. The van der Waals surface area contributed by atoms with Crippen LogP contribution in [0.5, 0.6) is 0 Å². The molecule has 0 radical (unpaired) electrons. The van der Waals surface area contributed by atoms with Crippen molar-refractivity contribution < 1.29 is 4.74 Å². The van der Waals surface area contributed by atoms with E-state index in [-0.39, 0.29) is 5.54 Å². The summed E-state index contributed by atoms with van der Waals surface area (Å²) in [5.41, 5.74) is 5.63. The van der Waals surface area contributed by atoms with E-state index in [9.17, 15) is 0 Å². The second kappa shape index (κ2) is 3.90. The van der Waals surface area contributed by atoms with Crippen molar-refractivity contribution in [2.24, 2.45) is 10.7 Å². The van der Waals surface area contributed by atoms with Crippen LogP contribution < -0.4 is 5.73 Å². The van der Waals surface area contributed by atoms with Crippen molar-refractivity contribution in [3.8, 4) is 0 Å². The molecule has 1 aliphatic rings. The second-order valence-corrected chi connectivity index (χ2v) is 3.61. The summed E-state index contributed by atoms with van der Waals surface area (Å²) in [6.45, 7) is 5.71. The molecule has 0 aromatic heterocycles. The Bertz CT molecular complexity index is 171. The van der Waals surface area contributed by atoms with Crippen LogP contribution in [0.4, 0.5) is 0 Å². The van der Waals surface area contributed by atoms with Gasteiger partial charge in [-0.25, -0.2) is 0 Å². The van der Waals surface area contributed by atoms with Crippen molar-refractivity contribution in [2.45, 2.75) is 38.6 Å². The molecule has 0 aromatic rings. The lowest BCUT2D eigenvalue weighted by Gasteiger charge is -2.29. The van der Waals surface area contributed by atoms with Crippen LogP contribution in [-0.4, -0.2) is 24.6 Å². The van der Waals surface area contributed by atoms with Crippen LogP contribution in [0.3, 0.4) is 0 Å². The molecule has 0 amide bonds. The summed E-state index contributed by atoms with van der Waals surface area (Å²) in [7, 11) is 0. The fourth-order valence-corrected chi connectivity index (χ4v) is 1.43. The number of aliphatic imine (C=N–C) groups is 1. The number of ether oxygens (including phenoxy) is 1. The van der Waals surface area contributed by atoms with E-state index in [1.165, 1.54) is 0 Å². The van der Waals surface area contributed by atoms with Gasteiger partial charge in [0.15, 0.2) is 0 Å². The molecule has 70 valence electrons. The van der Waals surface area contributed by atoms with E-state index in [4.69, 9.17) is 10.5 Å². The van der Waals surface area contributed by atoms with E-state index in [2.05, 4.69) is 11.9 Å². The monoisotopic (exact) mass is 170 g/mol. The smallest absolute Gasteiger partial charge is 0.0942 e. The predicted octanol–water partition coefficient (Wildman–Crippen LogP) is 1.32. The number of rotatable bonds is 2. The lowest BCUT2D eigenvalue weighted by Crippen LogP contribution is -2.35. The molecule has 0 bridgehead atoms. The number of hydrogen-bond acceptors (Lipinski definition) is 2. The van der Waals surface area contributed by atoms with Gasteiger partial charge >= 0.3 is 0 Å². The third-order valence-corrected chi connectivity index (χ3v) is 2.19. The topological polar surface area (TPSA) is 47.6 Å². The number of amidine groups is 1. The van der Waals surface area contributed by atoms with Gasteiger partial charge in [-0.2, -0.15) is 0 Å². The van der Waals surface area contributed by atoms with Gasteiger partial charge in [-0.1, -0.05) is 6.92 Å². The summed E-state index contributed by atoms with van der Waals surface area (Å²) in [5, 5.41) is 0. The van der Waals surface area contributed by atoms with Crippen LogP contribution >= 0.6 is 0 Å². The summed E-state index contributed by atoms with van der Waals surface area (Å²) >= 11 is 0. The molecule has 1 unspecified atom stereocenters. The first-order valence-electron chi connectivity index (χ1n) is 4.58. The zero-order valence-electron chi connectivity index (χ0n) is 7.97. The average molecular weight is 170 g/mol. The fraction of sp³-hybridized carbons (Fsp3) is 0.889. The minimum atomic E-state index is -0.0572. The van der Waals surface area contributed by atoms with E-state index in [1.807, 2.05) is 6.92 Å². The molecule has 0 aromatic carbocycles. The predicted molar refractivity (Wildman–Crippen MR) is 50.4 cm³/mol. The highest BCUT2D eigenvalue weighted by Gasteiger charge is 2.26. The maximum absolute atomic E-state index is 5.68. The van der Waals surface area contributed by atoms with E-state index >= 15 is 0 Å². The van der Waals surface area contributed by atoms with Crippen molar-refractivity contribution >= 4 is 5.84 Å². The maximum atomic E-state index is 5.68. The normalized spacial score (nSPS) is 32.0. The first-order valence-corrected chi connectivity index (χ1v) is 4.58. The molecule has 1 saturated heterocycles. The minimum absolute atomic E-state index is 0.0572. The van der Waals surface area contributed by atoms with Gasteiger partial charge in [0.25, 0.3) is 0 Å². The summed E-state index contributed by atoms with van der Waals surface area (Å²) in [6, 6.07) is 0. The lowest BCUT2D eigenvalue weighted by atomic mass is 9.96. The molecule has 1 rings (SSSR count). The van der Waals surface area contributed by atoms with Crippen LogP contribution in [-0.2, 0) is 4.74 Å². The van der Waals surface area contributed by atoms with Gasteiger partial charge < -0.3 is 10.5 Å². The van der Waals surface area contributed by atoms with Crippen molar-refractivity contribution in [3.63, 3.8) is 0 Å². The molecule has 0 spiro atoms. The minimum Gasteiger partial charge on any atom is -0.387 e.